The molecule has 3 aliphatic rings. The Hall–Kier alpha value is -7.06. The van der Waals surface area contributed by atoms with Crippen LogP contribution >= 0.6 is 0 Å². The Morgan fingerprint density at radius 1 is 0.863 bits per heavy atom. The van der Waals surface area contributed by atoms with E-state index in [4.69, 9.17) is 30.1 Å². The van der Waals surface area contributed by atoms with Gasteiger partial charge in [0.05, 0.1) is 57.7 Å². The van der Waals surface area contributed by atoms with Crippen LogP contribution in [0.3, 0.4) is 0 Å². The Morgan fingerprint density at radius 2 is 1.55 bits per heavy atom. The highest BCUT2D eigenvalue weighted by atomic mass is 16.5. The van der Waals surface area contributed by atoms with Gasteiger partial charge in [-0.15, -0.1) is 0 Å². The van der Waals surface area contributed by atoms with Gasteiger partial charge in [-0.1, -0.05) is 30.7 Å². The van der Waals surface area contributed by atoms with Crippen LogP contribution in [-0.2, 0) is 35.1 Å². The third-order valence-electron chi connectivity index (χ3n) is 13.3. The van der Waals surface area contributed by atoms with E-state index in [-0.39, 0.29) is 62.1 Å². The fourth-order valence-corrected chi connectivity index (χ4v) is 8.97. The molecular formula is C54H69N10O9+. The van der Waals surface area contributed by atoms with Gasteiger partial charge < -0.3 is 50.4 Å². The van der Waals surface area contributed by atoms with E-state index >= 15 is 0 Å². The van der Waals surface area contributed by atoms with Crippen molar-refractivity contribution >= 4 is 52.6 Å². The average Bonchev–Trinajstić information content (AvgIpc) is 3.73. The highest BCUT2D eigenvalue weighted by molar-refractivity contribution is 6.08. The van der Waals surface area contributed by atoms with E-state index in [0.29, 0.717) is 86.5 Å². The maximum Gasteiger partial charge on any atom is 0.323 e. The SMILES string of the molecule is C[C@@H](NC(=O)c1cccc(NC2(C(N)=NC(=[NH2+])c3ccncc3)CCN(C)CC2)c1)c1ccc(OCCCCCCOCCOCCOCCC(=O)Nc2cccc3c2CN(C2CCC(=O)NC2=O)C3=O)cc1. The van der Waals surface area contributed by atoms with Crippen LogP contribution in [-0.4, -0.2) is 134 Å². The number of amidine groups is 2. The summed E-state index contributed by atoms with van der Waals surface area (Å²) < 4.78 is 22.9. The summed E-state index contributed by atoms with van der Waals surface area (Å²) in [6.07, 6.45) is 9.21. The van der Waals surface area contributed by atoms with Crippen molar-refractivity contribution < 1.29 is 48.3 Å². The van der Waals surface area contributed by atoms with Gasteiger partial charge in [0.25, 0.3) is 11.8 Å². The lowest BCUT2D eigenvalue weighted by molar-refractivity contribution is -0.137. The summed E-state index contributed by atoms with van der Waals surface area (Å²) >= 11 is 0. The van der Waals surface area contributed by atoms with E-state index in [2.05, 4.69) is 43.2 Å². The molecule has 3 aliphatic heterocycles. The van der Waals surface area contributed by atoms with Crippen LogP contribution in [0, 0.1) is 0 Å². The fourth-order valence-electron chi connectivity index (χ4n) is 8.97. The number of benzene rings is 3. The molecule has 73 heavy (non-hydrogen) atoms. The highest BCUT2D eigenvalue weighted by Gasteiger charge is 2.42. The first kappa shape index (κ1) is 53.7. The maximum absolute atomic E-state index is 13.5. The molecule has 19 nitrogen and oxygen atoms in total. The minimum atomic E-state index is -0.726. The molecule has 19 heteroatoms. The number of hydrogen-bond donors (Lipinski definition) is 6. The molecule has 1 unspecified atom stereocenters. The molecular weight excluding hydrogens is 933 g/mol. The molecule has 7 rings (SSSR count). The number of pyridine rings is 1. The minimum absolute atomic E-state index is 0.121. The second-order valence-corrected chi connectivity index (χ2v) is 18.6. The fraction of sp³-hybridized carbons (Fsp3) is 0.444. The van der Waals surface area contributed by atoms with E-state index in [1.54, 1.807) is 48.8 Å². The Kier molecular flexibility index (Phi) is 19.6. The lowest BCUT2D eigenvalue weighted by atomic mass is 9.85. The van der Waals surface area contributed by atoms with Crippen molar-refractivity contribution in [1.29, 1.82) is 0 Å². The van der Waals surface area contributed by atoms with Crippen molar-refractivity contribution in [2.24, 2.45) is 10.7 Å². The maximum atomic E-state index is 13.5. The van der Waals surface area contributed by atoms with Crippen molar-refractivity contribution in [3.63, 3.8) is 0 Å². The predicted molar refractivity (Wildman–Crippen MR) is 276 cm³/mol. The Labute approximate surface area is 426 Å². The zero-order chi connectivity index (χ0) is 51.6. The van der Waals surface area contributed by atoms with Crippen LogP contribution in [0.15, 0.2) is 96.2 Å². The zero-order valence-corrected chi connectivity index (χ0v) is 41.9. The molecule has 3 aromatic carbocycles. The summed E-state index contributed by atoms with van der Waals surface area (Å²) in [5, 5.41) is 18.3. The number of rotatable bonds is 26. The quantitative estimate of drug-likeness (QED) is 0.0227. The normalized spacial score (nSPS) is 17.1. The number of nitrogens with zero attached hydrogens (tertiary/aromatic N) is 4. The van der Waals surface area contributed by atoms with Gasteiger partial charge in [0, 0.05) is 73.1 Å². The number of likely N-dealkylation sites (tertiary alicyclic amines) is 1. The number of piperidine rings is 2. The standard InChI is InChI=1S/C54H68N10O9/c1-37(58-50(67)40-9-7-10-41(35-40)62-54(22-26-63(2)27-23-54)53(56)61-49(55)39-19-24-57-25-20-39)38-13-15-42(16-14-38)73-29-6-4-3-5-28-70-31-33-72-34-32-71-30-21-48(66)59-45-12-8-11-43-44(45)36-64(52(43)69)46-17-18-47(65)60-51(46)68/h7-16,19-20,24-25,35,37,46,62H,3-6,17-18,21-23,26-34,36H2,1-2H3,(H,58,67)(H,59,66)(H3,55,56,61)(H,60,65,68)/p+1/t37-,46?/m1/s1. The second kappa shape index (κ2) is 26.6. The first-order chi connectivity index (χ1) is 35.4. The van der Waals surface area contributed by atoms with Gasteiger partial charge in [0.1, 0.15) is 17.3 Å². The number of aliphatic imine (C=N–C) groups is 1. The first-order valence-corrected chi connectivity index (χ1v) is 25.2. The molecule has 0 bridgehead atoms. The van der Waals surface area contributed by atoms with Gasteiger partial charge in [0.2, 0.25) is 23.6 Å². The predicted octanol–water partition coefficient (Wildman–Crippen LogP) is 3.79. The van der Waals surface area contributed by atoms with Crippen molar-refractivity contribution in [2.45, 2.75) is 88.9 Å². The Balaban J connectivity index is 0.704. The number of hydrogen-bond acceptors (Lipinski definition) is 12. The Bertz CT molecular complexity index is 2570. The van der Waals surface area contributed by atoms with Gasteiger partial charge in [-0.05, 0) is 118 Å². The van der Waals surface area contributed by atoms with E-state index < -0.39 is 17.5 Å². The minimum Gasteiger partial charge on any atom is -0.494 e. The number of nitrogens with one attached hydrogen (secondary N) is 4. The molecule has 2 saturated heterocycles. The van der Waals surface area contributed by atoms with Crippen molar-refractivity contribution in [3.8, 4) is 5.75 Å². The number of imide groups is 1. The van der Waals surface area contributed by atoms with E-state index in [1.807, 2.05) is 49.4 Å². The lowest BCUT2D eigenvalue weighted by Gasteiger charge is -2.39. The number of ether oxygens (including phenoxy) is 4. The monoisotopic (exact) mass is 1000 g/mol. The molecule has 2 atom stereocenters. The number of carbonyl (C=O) groups is 5. The number of unbranched alkanes of at least 4 members (excludes halogenated alkanes) is 3. The third-order valence-corrected chi connectivity index (χ3v) is 13.3. The number of nitrogens with two attached hydrogens (primary N) is 2. The number of aromatic nitrogens is 1. The molecule has 1 aromatic heterocycles. The van der Waals surface area contributed by atoms with Crippen molar-refractivity contribution in [1.82, 2.24) is 25.4 Å². The first-order valence-electron chi connectivity index (χ1n) is 25.2. The topological polar surface area (TPSA) is 254 Å². The summed E-state index contributed by atoms with van der Waals surface area (Å²) in [5.74, 6) is -0.0775. The van der Waals surface area contributed by atoms with Gasteiger partial charge in [-0.25, -0.2) is 0 Å². The molecule has 0 spiro atoms. The summed E-state index contributed by atoms with van der Waals surface area (Å²) in [7, 11) is 2.08. The smallest absolute Gasteiger partial charge is 0.323 e. The van der Waals surface area contributed by atoms with Crippen LogP contribution in [0.4, 0.5) is 11.4 Å². The lowest BCUT2D eigenvalue weighted by Crippen LogP contribution is -2.57. The number of carbonyl (C=O) groups excluding carboxylic acids is 5. The molecule has 388 valence electrons. The van der Waals surface area contributed by atoms with Gasteiger partial charge in [-0.3, -0.25) is 39.7 Å². The van der Waals surface area contributed by atoms with E-state index in [0.717, 1.165) is 61.3 Å². The van der Waals surface area contributed by atoms with Gasteiger partial charge >= 0.3 is 5.84 Å². The molecule has 0 saturated carbocycles. The number of amides is 5. The average molecular weight is 1000 g/mol. The molecule has 4 aromatic rings. The molecule has 0 radical (unpaired) electrons. The van der Waals surface area contributed by atoms with Crippen LogP contribution in [0.5, 0.6) is 5.75 Å². The Morgan fingerprint density at radius 3 is 2.27 bits per heavy atom. The van der Waals surface area contributed by atoms with Crippen LogP contribution in [0.25, 0.3) is 0 Å². The highest BCUT2D eigenvalue weighted by Crippen LogP contribution is 2.33. The zero-order valence-electron chi connectivity index (χ0n) is 41.9. The third kappa shape index (κ3) is 15.2. The summed E-state index contributed by atoms with van der Waals surface area (Å²) in [5.41, 5.74) is 10.7. The van der Waals surface area contributed by atoms with Crippen LogP contribution in [0.2, 0.25) is 0 Å². The number of anilines is 2. The molecule has 5 amide bonds. The summed E-state index contributed by atoms with van der Waals surface area (Å²) in [6, 6.07) is 23.0. The van der Waals surface area contributed by atoms with Crippen molar-refractivity contribution in [2.75, 3.05) is 77.0 Å². The summed E-state index contributed by atoms with van der Waals surface area (Å²) in [6.45, 7) is 6.85. The largest absolute Gasteiger partial charge is 0.494 e. The summed E-state index contributed by atoms with van der Waals surface area (Å²) in [4.78, 5) is 75.6. The molecule has 4 heterocycles. The molecule has 2 fully saturated rings. The van der Waals surface area contributed by atoms with Crippen LogP contribution in [0.1, 0.15) is 108 Å². The van der Waals surface area contributed by atoms with E-state index in [1.165, 1.54) is 4.90 Å². The molecule has 0 aliphatic carbocycles. The van der Waals surface area contributed by atoms with Gasteiger partial charge in [-0.2, -0.15) is 0 Å². The van der Waals surface area contributed by atoms with Crippen molar-refractivity contribution in [3.05, 3.63) is 119 Å². The van der Waals surface area contributed by atoms with Crippen LogP contribution < -0.4 is 37.1 Å². The number of fused-ring (bicyclic) bond motifs is 1. The van der Waals surface area contributed by atoms with Gasteiger partial charge in [0.15, 0.2) is 0 Å². The second-order valence-electron chi connectivity index (χ2n) is 18.6. The van der Waals surface area contributed by atoms with E-state index in [9.17, 15) is 24.0 Å². The molecule has 8 N–H and O–H groups in total.